The summed E-state index contributed by atoms with van der Waals surface area (Å²) in [6.45, 7) is 0. The molecule has 4 heteroatoms. The first-order valence-corrected chi connectivity index (χ1v) is 9.26. The fraction of sp³-hybridized carbons (Fsp3) is 0. The summed E-state index contributed by atoms with van der Waals surface area (Å²) in [5.74, 6) is 0. The molecule has 0 fully saturated rings. The van der Waals surface area contributed by atoms with Gasteiger partial charge in [-0.15, -0.1) is 0 Å². The highest BCUT2D eigenvalue weighted by molar-refractivity contribution is 7.18. The first kappa shape index (κ1) is 18.9. The Morgan fingerprint density at radius 1 is 0.481 bits per heavy atom. The Morgan fingerprint density at radius 2 is 0.926 bits per heavy atom. The number of halogens is 1. The van der Waals surface area contributed by atoms with E-state index >= 15 is 0 Å². The number of anilines is 2. The third kappa shape index (κ3) is 4.27. The quantitative estimate of drug-likeness (QED) is 0.417. The van der Waals surface area contributed by atoms with Gasteiger partial charge in [-0.25, -0.2) is 0 Å². The highest BCUT2D eigenvalue weighted by Crippen LogP contribution is 2.37. The van der Waals surface area contributed by atoms with E-state index in [0.29, 0.717) is 0 Å². The summed E-state index contributed by atoms with van der Waals surface area (Å²) < 4.78 is 0. The summed E-state index contributed by atoms with van der Waals surface area (Å²) in [6, 6.07) is 31.0. The SMILES string of the molecule is Nc1ccc(-c2cc(-c3ccccc3)cc(-c3ccc(N)cc3)[s+]2)cc1.[Cl-]. The molecule has 2 nitrogen and oxygen atoms in total. The monoisotopic (exact) mass is 390 g/mol. The molecule has 4 N–H and O–H groups in total. The molecule has 0 bridgehead atoms. The Kier molecular flexibility index (Phi) is 5.75. The van der Waals surface area contributed by atoms with Gasteiger partial charge in [0.25, 0.3) is 0 Å². The number of hydrogen-bond donors (Lipinski definition) is 2. The number of rotatable bonds is 3. The van der Waals surface area contributed by atoms with E-state index < -0.39 is 0 Å². The number of nitrogen functional groups attached to an aromatic ring is 2. The zero-order valence-corrected chi connectivity index (χ0v) is 16.2. The molecule has 0 aliphatic carbocycles. The fourth-order valence-electron chi connectivity index (χ4n) is 2.88. The average molecular weight is 391 g/mol. The minimum atomic E-state index is 0. The Labute approximate surface area is 169 Å². The van der Waals surface area contributed by atoms with Crippen LogP contribution in [-0.4, -0.2) is 0 Å². The van der Waals surface area contributed by atoms with Crippen molar-refractivity contribution in [1.82, 2.24) is 0 Å². The lowest BCUT2D eigenvalue weighted by Gasteiger charge is -2.03. The van der Waals surface area contributed by atoms with Crippen molar-refractivity contribution in [2.45, 2.75) is 0 Å². The van der Waals surface area contributed by atoms with Crippen LogP contribution >= 0.6 is 11.3 Å². The molecule has 0 unspecified atom stereocenters. The van der Waals surface area contributed by atoms with Crippen LogP contribution < -0.4 is 23.9 Å². The molecule has 0 aliphatic heterocycles. The molecular weight excluding hydrogens is 372 g/mol. The van der Waals surface area contributed by atoms with Crippen molar-refractivity contribution in [3.8, 4) is 32.0 Å². The van der Waals surface area contributed by atoms with Gasteiger partial charge in [0.1, 0.15) is 0 Å². The van der Waals surface area contributed by atoms with Gasteiger partial charge >= 0.3 is 0 Å². The van der Waals surface area contributed by atoms with Crippen LogP contribution in [0.2, 0.25) is 0 Å². The maximum Gasteiger partial charge on any atom is 0.239 e. The van der Waals surface area contributed by atoms with Gasteiger partial charge in [-0.1, -0.05) is 30.3 Å². The number of nitrogens with two attached hydrogens (primary N) is 2. The van der Waals surface area contributed by atoms with E-state index in [1.54, 1.807) is 11.3 Å². The molecule has 0 atom stereocenters. The lowest BCUT2D eigenvalue weighted by Crippen LogP contribution is -3.00. The van der Waals surface area contributed by atoms with Crippen molar-refractivity contribution in [2.75, 3.05) is 11.5 Å². The predicted octanol–water partition coefficient (Wildman–Crippen LogP) is 3.20. The summed E-state index contributed by atoms with van der Waals surface area (Å²) >= 11 is 1.77. The minimum Gasteiger partial charge on any atom is -1.00 e. The molecule has 0 radical (unpaired) electrons. The van der Waals surface area contributed by atoms with E-state index in [1.807, 2.05) is 30.3 Å². The van der Waals surface area contributed by atoms with Crippen molar-refractivity contribution in [3.05, 3.63) is 91.0 Å². The summed E-state index contributed by atoms with van der Waals surface area (Å²) in [5.41, 5.74) is 18.0. The molecule has 4 aromatic rings. The van der Waals surface area contributed by atoms with Gasteiger partial charge in [0, 0.05) is 34.6 Å². The largest absolute Gasteiger partial charge is 1.00 e. The van der Waals surface area contributed by atoms with Crippen molar-refractivity contribution >= 4 is 22.7 Å². The zero-order valence-electron chi connectivity index (χ0n) is 14.6. The molecule has 4 rings (SSSR count). The van der Waals surface area contributed by atoms with Crippen LogP contribution in [0.1, 0.15) is 0 Å². The maximum absolute atomic E-state index is 5.85. The van der Waals surface area contributed by atoms with Crippen LogP contribution in [0.3, 0.4) is 0 Å². The Balaban J connectivity index is 0.00000210. The lowest BCUT2D eigenvalue weighted by atomic mass is 10.0. The van der Waals surface area contributed by atoms with E-state index in [1.165, 1.54) is 32.0 Å². The van der Waals surface area contributed by atoms with Crippen molar-refractivity contribution in [3.63, 3.8) is 0 Å². The summed E-state index contributed by atoms with van der Waals surface area (Å²) in [4.78, 5) is 2.41. The molecule has 0 saturated heterocycles. The first-order valence-electron chi connectivity index (χ1n) is 8.44. The molecule has 3 aromatic carbocycles. The minimum absolute atomic E-state index is 0. The van der Waals surface area contributed by atoms with E-state index in [9.17, 15) is 0 Å². The van der Waals surface area contributed by atoms with Gasteiger partial charge in [-0.2, -0.15) is 0 Å². The molecular formula is C23H19ClN2S. The average Bonchev–Trinajstić information content (AvgIpc) is 2.69. The molecule has 1 heterocycles. The topological polar surface area (TPSA) is 52.0 Å². The molecule has 0 spiro atoms. The van der Waals surface area contributed by atoms with Gasteiger partial charge in [0.05, 0.1) is 0 Å². The van der Waals surface area contributed by atoms with Gasteiger partial charge in [-0.3, -0.25) is 0 Å². The van der Waals surface area contributed by atoms with Crippen LogP contribution in [-0.2, 0) is 0 Å². The van der Waals surface area contributed by atoms with E-state index in [2.05, 4.69) is 60.7 Å². The molecule has 0 aliphatic rings. The molecule has 0 amide bonds. The summed E-state index contributed by atoms with van der Waals surface area (Å²) in [5, 5.41) is 0. The second kappa shape index (κ2) is 8.21. The smallest absolute Gasteiger partial charge is 0.239 e. The van der Waals surface area contributed by atoms with Crippen LogP contribution in [0.15, 0.2) is 91.0 Å². The van der Waals surface area contributed by atoms with Crippen LogP contribution in [0.25, 0.3) is 32.0 Å². The molecule has 27 heavy (non-hydrogen) atoms. The predicted molar refractivity (Wildman–Crippen MR) is 114 cm³/mol. The summed E-state index contributed by atoms with van der Waals surface area (Å²) in [6.07, 6.45) is 0. The number of benzene rings is 3. The molecule has 134 valence electrons. The first-order chi connectivity index (χ1) is 12.7. The van der Waals surface area contributed by atoms with Crippen molar-refractivity contribution < 1.29 is 12.4 Å². The van der Waals surface area contributed by atoms with Crippen LogP contribution in [0.4, 0.5) is 11.4 Å². The summed E-state index contributed by atoms with van der Waals surface area (Å²) in [7, 11) is 0. The normalized spacial score (nSPS) is 10.2. The van der Waals surface area contributed by atoms with Gasteiger partial charge in [0.2, 0.25) is 21.1 Å². The number of hydrogen-bond acceptors (Lipinski definition) is 2. The van der Waals surface area contributed by atoms with Gasteiger partial charge < -0.3 is 23.9 Å². The third-order valence-corrected chi connectivity index (χ3v) is 5.44. The fourth-order valence-corrected chi connectivity index (χ4v) is 3.99. The Morgan fingerprint density at radius 3 is 1.37 bits per heavy atom. The van der Waals surface area contributed by atoms with E-state index in [4.69, 9.17) is 11.5 Å². The van der Waals surface area contributed by atoms with Crippen LogP contribution in [0, 0.1) is 0 Å². The second-order valence-electron chi connectivity index (χ2n) is 6.18. The second-order valence-corrected chi connectivity index (χ2v) is 7.27. The zero-order chi connectivity index (χ0) is 17.9. The van der Waals surface area contributed by atoms with Crippen molar-refractivity contribution in [1.29, 1.82) is 0 Å². The highest BCUT2D eigenvalue weighted by atomic mass is 35.5. The van der Waals surface area contributed by atoms with E-state index in [0.717, 1.165) is 11.4 Å². The van der Waals surface area contributed by atoms with Crippen molar-refractivity contribution in [2.24, 2.45) is 0 Å². The highest BCUT2D eigenvalue weighted by Gasteiger charge is 2.19. The Bertz CT molecular complexity index is 966. The molecule has 1 aromatic heterocycles. The van der Waals surface area contributed by atoms with E-state index in [-0.39, 0.29) is 12.4 Å². The standard InChI is InChI=1S/C23H19N2S.ClH/c24-20-10-6-17(7-11-20)22-14-19(16-4-2-1-3-5-16)15-23(26-22)18-8-12-21(25)13-9-18;/h1-15H,24-25H2;1H/q+1;/p-1. The van der Waals surface area contributed by atoms with Crippen LogP contribution in [0.5, 0.6) is 0 Å². The molecule has 0 saturated carbocycles. The van der Waals surface area contributed by atoms with Gasteiger partial charge in [0.15, 0.2) is 0 Å². The Hall–Kier alpha value is -2.88. The third-order valence-electron chi connectivity index (χ3n) is 4.29. The lowest BCUT2D eigenvalue weighted by molar-refractivity contribution is -0.00000497. The van der Waals surface area contributed by atoms with Gasteiger partial charge in [-0.05, 0) is 59.7 Å². The maximum atomic E-state index is 5.85.